The highest BCUT2D eigenvalue weighted by Gasteiger charge is 2.24. The van der Waals surface area contributed by atoms with Gasteiger partial charge < -0.3 is 9.73 Å². The molecule has 1 N–H and O–H groups in total. The van der Waals surface area contributed by atoms with Gasteiger partial charge in [-0.25, -0.2) is 0 Å². The standard InChI is InChI=1S/C17H19N5O2S/c1-22-14-4-2-3-13(12(14)9-18-22)19-15(23)5-6-16-20-21-17(24-16)11-7-8-25-10-11/h7-10,13H,2-6H2,1H3,(H,19,23). The first-order valence-electron chi connectivity index (χ1n) is 8.36. The first-order chi connectivity index (χ1) is 12.2. The maximum Gasteiger partial charge on any atom is 0.248 e. The van der Waals surface area contributed by atoms with Gasteiger partial charge >= 0.3 is 0 Å². The zero-order chi connectivity index (χ0) is 17.2. The summed E-state index contributed by atoms with van der Waals surface area (Å²) in [5.74, 6) is 0.989. The summed E-state index contributed by atoms with van der Waals surface area (Å²) in [6.07, 6.45) is 5.67. The zero-order valence-electron chi connectivity index (χ0n) is 13.9. The van der Waals surface area contributed by atoms with Gasteiger partial charge in [0.05, 0.1) is 12.2 Å². The van der Waals surface area contributed by atoms with Crippen LogP contribution >= 0.6 is 11.3 Å². The van der Waals surface area contributed by atoms with E-state index in [9.17, 15) is 4.79 Å². The largest absolute Gasteiger partial charge is 0.421 e. The molecule has 0 aliphatic heterocycles. The van der Waals surface area contributed by atoms with Gasteiger partial charge in [-0.2, -0.15) is 16.4 Å². The second-order valence-corrected chi connectivity index (χ2v) is 6.98. The molecule has 0 bridgehead atoms. The predicted molar refractivity (Wildman–Crippen MR) is 93.0 cm³/mol. The number of carbonyl (C=O) groups excluding carboxylic acids is 1. The van der Waals surface area contributed by atoms with Crippen LogP contribution in [0.15, 0.2) is 27.4 Å². The van der Waals surface area contributed by atoms with Crippen molar-refractivity contribution in [2.24, 2.45) is 7.05 Å². The molecule has 25 heavy (non-hydrogen) atoms. The van der Waals surface area contributed by atoms with Crippen molar-refractivity contribution < 1.29 is 9.21 Å². The molecule has 1 aliphatic rings. The molecule has 0 saturated carbocycles. The van der Waals surface area contributed by atoms with Crippen LogP contribution in [-0.2, 0) is 24.7 Å². The Labute approximate surface area is 149 Å². The van der Waals surface area contributed by atoms with E-state index in [0.29, 0.717) is 24.6 Å². The van der Waals surface area contributed by atoms with Crippen molar-refractivity contribution in [3.8, 4) is 11.5 Å². The van der Waals surface area contributed by atoms with Crippen molar-refractivity contribution >= 4 is 17.2 Å². The van der Waals surface area contributed by atoms with Crippen LogP contribution in [0.25, 0.3) is 11.5 Å². The summed E-state index contributed by atoms with van der Waals surface area (Å²) in [6.45, 7) is 0. The van der Waals surface area contributed by atoms with Gasteiger partial charge in [0, 0.05) is 42.1 Å². The molecule has 3 heterocycles. The molecule has 3 aromatic rings. The Morgan fingerprint density at radius 3 is 3.24 bits per heavy atom. The van der Waals surface area contributed by atoms with E-state index >= 15 is 0 Å². The molecule has 1 aliphatic carbocycles. The summed E-state index contributed by atoms with van der Waals surface area (Å²) >= 11 is 1.58. The molecule has 7 nitrogen and oxygen atoms in total. The van der Waals surface area contributed by atoms with E-state index in [-0.39, 0.29) is 11.9 Å². The van der Waals surface area contributed by atoms with Gasteiger partial charge in [-0.05, 0) is 30.7 Å². The highest BCUT2D eigenvalue weighted by molar-refractivity contribution is 7.08. The molecule has 8 heteroatoms. The minimum Gasteiger partial charge on any atom is -0.421 e. The van der Waals surface area contributed by atoms with Crippen molar-refractivity contribution in [1.82, 2.24) is 25.3 Å². The molecule has 1 amide bonds. The maximum absolute atomic E-state index is 12.3. The van der Waals surface area contributed by atoms with Gasteiger partial charge in [-0.3, -0.25) is 9.48 Å². The van der Waals surface area contributed by atoms with E-state index in [1.54, 1.807) is 11.3 Å². The Bertz CT molecular complexity index is 868. The SMILES string of the molecule is Cn1ncc2c1CCCC2NC(=O)CCc1nnc(-c2ccsc2)o1. The van der Waals surface area contributed by atoms with Crippen LogP contribution in [0.2, 0.25) is 0 Å². The molecule has 130 valence electrons. The first-order valence-corrected chi connectivity index (χ1v) is 9.30. The van der Waals surface area contributed by atoms with Crippen LogP contribution in [0.3, 0.4) is 0 Å². The Kier molecular flexibility index (Phi) is 4.35. The summed E-state index contributed by atoms with van der Waals surface area (Å²) in [7, 11) is 1.95. The van der Waals surface area contributed by atoms with E-state index in [0.717, 1.165) is 30.4 Å². The number of aromatic nitrogens is 4. The lowest BCUT2D eigenvalue weighted by Gasteiger charge is -2.23. The third-order valence-corrected chi connectivity index (χ3v) is 5.20. The average molecular weight is 357 g/mol. The van der Waals surface area contributed by atoms with Gasteiger partial charge in [0.25, 0.3) is 0 Å². The number of hydrogen-bond acceptors (Lipinski definition) is 6. The number of thiophene rings is 1. The highest BCUT2D eigenvalue weighted by atomic mass is 32.1. The smallest absolute Gasteiger partial charge is 0.248 e. The van der Waals surface area contributed by atoms with Crippen LogP contribution in [0.5, 0.6) is 0 Å². The molecule has 1 unspecified atom stereocenters. The van der Waals surface area contributed by atoms with Crippen molar-refractivity contribution in [2.45, 2.75) is 38.1 Å². The van der Waals surface area contributed by atoms with Crippen LogP contribution < -0.4 is 5.32 Å². The van der Waals surface area contributed by atoms with Gasteiger partial charge in [0.2, 0.25) is 17.7 Å². The van der Waals surface area contributed by atoms with Crippen molar-refractivity contribution in [3.63, 3.8) is 0 Å². The number of nitrogens with one attached hydrogen (secondary N) is 1. The predicted octanol–water partition coefficient (Wildman–Crippen LogP) is 2.66. The van der Waals surface area contributed by atoms with Crippen LogP contribution in [0.1, 0.15) is 42.5 Å². The number of rotatable bonds is 5. The lowest BCUT2D eigenvalue weighted by atomic mass is 9.93. The molecule has 0 radical (unpaired) electrons. The van der Waals surface area contributed by atoms with Gasteiger partial charge in [-0.15, -0.1) is 10.2 Å². The number of aryl methyl sites for hydroxylation is 2. The maximum atomic E-state index is 12.3. The fraction of sp³-hybridized carbons (Fsp3) is 0.412. The minimum atomic E-state index is -0.00279. The summed E-state index contributed by atoms with van der Waals surface area (Å²) in [5, 5.41) is 19.4. The molecule has 0 saturated heterocycles. The third-order valence-electron chi connectivity index (χ3n) is 4.51. The van der Waals surface area contributed by atoms with Crippen LogP contribution in [0, 0.1) is 0 Å². The molecule has 1 atom stereocenters. The second-order valence-electron chi connectivity index (χ2n) is 6.20. The van der Waals surface area contributed by atoms with Crippen molar-refractivity contribution in [3.05, 3.63) is 40.2 Å². The monoisotopic (exact) mass is 357 g/mol. The van der Waals surface area contributed by atoms with Gasteiger partial charge in [0.1, 0.15) is 0 Å². The zero-order valence-corrected chi connectivity index (χ0v) is 14.8. The van der Waals surface area contributed by atoms with Crippen LogP contribution in [-0.4, -0.2) is 25.9 Å². The molecular weight excluding hydrogens is 338 g/mol. The Balaban J connectivity index is 1.34. The Morgan fingerprint density at radius 1 is 1.48 bits per heavy atom. The summed E-state index contributed by atoms with van der Waals surface area (Å²) in [4.78, 5) is 12.3. The molecule has 4 rings (SSSR count). The van der Waals surface area contributed by atoms with E-state index < -0.39 is 0 Å². The van der Waals surface area contributed by atoms with E-state index in [1.807, 2.05) is 34.8 Å². The second kappa shape index (κ2) is 6.79. The molecule has 0 spiro atoms. The van der Waals surface area contributed by atoms with Crippen molar-refractivity contribution in [1.29, 1.82) is 0 Å². The first kappa shape index (κ1) is 16.0. The average Bonchev–Trinajstić information content (AvgIpc) is 3.34. The van der Waals surface area contributed by atoms with E-state index in [4.69, 9.17) is 4.42 Å². The van der Waals surface area contributed by atoms with Crippen LogP contribution in [0.4, 0.5) is 0 Å². The third kappa shape index (κ3) is 3.34. The fourth-order valence-corrected chi connectivity index (χ4v) is 3.83. The van der Waals surface area contributed by atoms with E-state index in [1.165, 1.54) is 5.69 Å². The molecule has 0 aromatic carbocycles. The Morgan fingerprint density at radius 2 is 2.40 bits per heavy atom. The lowest BCUT2D eigenvalue weighted by Crippen LogP contribution is -2.31. The normalized spacial score (nSPS) is 16.6. The number of carbonyl (C=O) groups is 1. The fourth-order valence-electron chi connectivity index (χ4n) is 3.20. The van der Waals surface area contributed by atoms with Gasteiger partial charge in [0.15, 0.2) is 0 Å². The molecule has 3 aromatic heterocycles. The topological polar surface area (TPSA) is 85.8 Å². The Hall–Kier alpha value is -2.48. The summed E-state index contributed by atoms with van der Waals surface area (Å²) in [6, 6.07) is 1.98. The number of amides is 1. The summed E-state index contributed by atoms with van der Waals surface area (Å²) in [5.41, 5.74) is 3.27. The summed E-state index contributed by atoms with van der Waals surface area (Å²) < 4.78 is 7.52. The number of hydrogen-bond donors (Lipinski definition) is 1. The lowest BCUT2D eigenvalue weighted by molar-refractivity contribution is -0.122. The molecular formula is C17H19N5O2S. The number of fused-ring (bicyclic) bond motifs is 1. The molecule has 0 fully saturated rings. The van der Waals surface area contributed by atoms with E-state index in [2.05, 4.69) is 20.6 Å². The minimum absolute atomic E-state index is 0.00279. The van der Waals surface area contributed by atoms with Gasteiger partial charge in [-0.1, -0.05) is 0 Å². The number of nitrogens with zero attached hydrogens (tertiary/aromatic N) is 4. The highest BCUT2D eigenvalue weighted by Crippen LogP contribution is 2.29. The van der Waals surface area contributed by atoms with Crippen molar-refractivity contribution in [2.75, 3.05) is 0 Å². The quantitative estimate of drug-likeness (QED) is 0.759.